The van der Waals surface area contributed by atoms with Crippen LogP contribution in [0.4, 0.5) is 8.78 Å². The van der Waals surface area contributed by atoms with E-state index in [2.05, 4.69) is 0 Å². The molecule has 15 heavy (non-hydrogen) atoms. The van der Waals surface area contributed by atoms with Crippen molar-refractivity contribution in [3.05, 3.63) is 33.7 Å². The van der Waals surface area contributed by atoms with E-state index in [1.165, 1.54) is 0 Å². The number of carboxylic acid groups (broad SMARTS) is 1. The zero-order valence-corrected chi connectivity index (χ0v) is 8.62. The summed E-state index contributed by atoms with van der Waals surface area (Å²) in [6.07, 6.45) is 0. The van der Waals surface area contributed by atoms with E-state index in [0.717, 1.165) is 17.4 Å². The van der Waals surface area contributed by atoms with Gasteiger partial charge < -0.3 is 5.11 Å². The Hall–Kier alpha value is -1.20. The van der Waals surface area contributed by atoms with Gasteiger partial charge in [0.05, 0.1) is 5.02 Å². The molecule has 0 unspecified atom stereocenters. The minimum atomic E-state index is -1.25. The van der Waals surface area contributed by atoms with Crippen LogP contribution in [0.5, 0.6) is 0 Å². The molecule has 1 N–H and O–H groups in total. The largest absolute Gasteiger partial charge is 0.477 e. The van der Waals surface area contributed by atoms with Crippen LogP contribution >= 0.6 is 22.9 Å². The van der Waals surface area contributed by atoms with Gasteiger partial charge in [0.1, 0.15) is 16.5 Å². The fraction of sp³-hybridized carbons (Fsp3) is 0. The minimum absolute atomic E-state index is 0.0412. The monoisotopic (exact) mass is 248 g/mol. The van der Waals surface area contributed by atoms with Gasteiger partial charge >= 0.3 is 5.97 Å². The normalized spacial score (nSPS) is 10.9. The predicted octanol–water partition coefficient (Wildman–Crippen LogP) is 3.53. The summed E-state index contributed by atoms with van der Waals surface area (Å²) < 4.78 is 26.3. The number of halogens is 3. The summed E-state index contributed by atoms with van der Waals surface area (Å²) in [5, 5.41) is 8.51. The number of thiophene rings is 1. The Labute approximate surface area is 91.7 Å². The molecule has 1 aromatic heterocycles. The molecule has 0 spiro atoms. The van der Waals surface area contributed by atoms with Crippen LogP contribution in [0, 0.1) is 11.6 Å². The second kappa shape index (κ2) is 3.43. The number of aromatic carboxylic acids is 1. The highest BCUT2D eigenvalue weighted by Gasteiger charge is 2.19. The topological polar surface area (TPSA) is 37.3 Å². The molecule has 0 aliphatic rings. The molecule has 1 aromatic carbocycles. The van der Waals surface area contributed by atoms with E-state index in [1.54, 1.807) is 0 Å². The average molecular weight is 249 g/mol. The number of carboxylic acids is 1. The van der Waals surface area contributed by atoms with E-state index in [9.17, 15) is 13.6 Å². The quantitative estimate of drug-likeness (QED) is 0.838. The standard InChI is InChI=1S/C9H3ClF2O2S/c10-7-6-4(12)1-3(11)2-5(6)15-8(7)9(13)14/h1-2H,(H,13,14). The fourth-order valence-electron chi connectivity index (χ4n) is 1.25. The Balaban J connectivity index is 2.88. The lowest BCUT2D eigenvalue weighted by atomic mass is 10.2. The molecule has 6 heteroatoms. The van der Waals surface area contributed by atoms with Crippen LogP contribution in [-0.4, -0.2) is 11.1 Å². The lowest BCUT2D eigenvalue weighted by molar-refractivity contribution is 0.0702. The number of rotatable bonds is 1. The van der Waals surface area contributed by atoms with Gasteiger partial charge in [-0.3, -0.25) is 0 Å². The maximum absolute atomic E-state index is 13.3. The number of hydrogen-bond donors (Lipinski definition) is 1. The molecule has 0 aliphatic carbocycles. The highest BCUT2D eigenvalue weighted by molar-refractivity contribution is 7.21. The minimum Gasteiger partial charge on any atom is -0.477 e. The first kappa shape index (κ1) is 10.3. The van der Waals surface area contributed by atoms with Gasteiger partial charge in [0.15, 0.2) is 0 Å². The molecule has 0 atom stereocenters. The van der Waals surface area contributed by atoms with Gasteiger partial charge in [0.25, 0.3) is 0 Å². The first-order valence-electron chi connectivity index (χ1n) is 3.81. The van der Waals surface area contributed by atoms with Crippen molar-refractivity contribution in [2.24, 2.45) is 0 Å². The van der Waals surface area contributed by atoms with E-state index in [1.807, 2.05) is 0 Å². The highest BCUT2D eigenvalue weighted by Crippen LogP contribution is 2.37. The van der Waals surface area contributed by atoms with E-state index in [0.29, 0.717) is 6.07 Å². The lowest BCUT2D eigenvalue weighted by Gasteiger charge is -1.93. The van der Waals surface area contributed by atoms with Crippen molar-refractivity contribution in [2.45, 2.75) is 0 Å². The van der Waals surface area contributed by atoms with Gasteiger partial charge in [-0.1, -0.05) is 11.6 Å². The van der Waals surface area contributed by atoms with Crippen LogP contribution in [0.3, 0.4) is 0 Å². The summed E-state index contributed by atoms with van der Waals surface area (Å²) in [7, 11) is 0. The number of carbonyl (C=O) groups is 1. The molecular formula is C9H3ClF2O2S. The molecule has 0 amide bonds. The van der Waals surface area contributed by atoms with E-state index in [-0.39, 0.29) is 20.0 Å². The van der Waals surface area contributed by atoms with Crippen LogP contribution in [-0.2, 0) is 0 Å². The number of fused-ring (bicyclic) bond motifs is 1. The number of hydrogen-bond acceptors (Lipinski definition) is 2. The molecule has 0 saturated carbocycles. The van der Waals surface area contributed by atoms with Crippen molar-refractivity contribution >= 4 is 39.0 Å². The fourth-order valence-corrected chi connectivity index (χ4v) is 2.67. The Morgan fingerprint density at radius 3 is 2.67 bits per heavy atom. The zero-order valence-electron chi connectivity index (χ0n) is 7.05. The SMILES string of the molecule is O=C(O)c1sc2cc(F)cc(F)c2c1Cl. The van der Waals surface area contributed by atoms with E-state index in [4.69, 9.17) is 16.7 Å². The maximum Gasteiger partial charge on any atom is 0.347 e. The molecule has 0 aliphatic heterocycles. The average Bonchev–Trinajstić information content (AvgIpc) is 2.42. The van der Waals surface area contributed by atoms with Crippen molar-refractivity contribution in [1.29, 1.82) is 0 Å². The second-order valence-electron chi connectivity index (χ2n) is 2.81. The van der Waals surface area contributed by atoms with Crippen LogP contribution in [0.2, 0.25) is 5.02 Å². The summed E-state index contributed by atoms with van der Waals surface area (Å²) in [6.45, 7) is 0. The first-order valence-corrected chi connectivity index (χ1v) is 5.00. The lowest BCUT2D eigenvalue weighted by Crippen LogP contribution is -1.91. The van der Waals surface area contributed by atoms with Gasteiger partial charge in [-0.2, -0.15) is 0 Å². The van der Waals surface area contributed by atoms with Crippen LogP contribution in [0.25, 0.3) is 10.1 Å². The van der Waals surface area contributed by atoms with Crippen molar-refractivity contribution in [2.75, 3.05) is 0 Å². The summed E-state index contributed by atoms with van der Waals surface area (Å²) >= 11 is 6.43. The molecule has 78 valence electrons. The van der Waals surface area contributed by atoms with Gasteiger partial charge in [0, 0.05) is 16.2 Å². The van der Waals surface area contributed by atoms with Crippen LogP contribution < -0.4 is 0 Å². The van der Waals surface area contributed by atoms with Gasteiger partial charge in [0.2, 0.25) is 0 Å². The summed E-state index contributed by atoms with van der Waals surface area (Å²) in [5.41, 5.74) is 0. The molecule has 1 heterocycles. The Kier molecular flexibility index (Phi) is 2.36. The van der Waals surface area contributed by atoms with E-state index < -0.39 is 17.6 Å². The Morgan fingerprint density at radius 1 is 1.40 bits per heavy atom. The third kappa shape index (κ3) is 1.57. The Bertz CT molecular complexity index is 565. The highest BCUT2D eigenvalue weighted by atomic mass is 35.5. The molecule has 0 saturated heterocycles. The second-order valence-corrected chi connectivity index (χ2v) is 4.24. The van der Waals surface area contributed by atoms with Gasteiger partial charge in [-0.05, 0) is 6.07 Å². The molecule has 2 aromatic rings. The summed E-state index contributed by atoms with van der Waals surface area (Å²) in [4.78, 5) is 10.5. The maximum atomic E-state index is 13.3. The van der Waals surface area contributed by atoms with Crippen molar-refractivity contribution in [1.82, 2.24) is 0 Å². The predicted molar refractivity (Wildman–Crippen MR) is 53.7 cm³/mol. The van der Waals surface area contributed by atoms with Crippen molar-refractivity contribution < 1.29 is 18.7 Å². The molecule has 2 rings (SSSR count). The molecule has 2 nitrogen and oxygen atoms in total. The first-order chi connectivity index (χ1) is 7.00. The molecule has 0 fully saturated rings. The smallest absolute Gasteiger partial charge is 0.347 e. The molecule has 0 radical (unpaired) electrons. The molecule has 0 bridgehead atoms. The summed E-state index contributed by atoms with van der Waals surface area (Å²) in [6, 6.07) is 1.73. The number of benzene rings is 1. The van der Waals surface area contributed by atoms with Crippen LogP contribution in [0.1, 0.15) is 9.67 Å². The van der Waals surface area contributed by atoms with E-state index >= 15 is 0 Å². The van der Waals surface area contributed by atoms with Gasteiger partial charge in [-0.15, -0.1) is 11.3 Å². The zero-order chi connectivity index (χ0) is 11.2. The van der Waals surface area contributed by atoms with Gasteiger partial charge in [-0.25, -0.2) is 13.6 Å². The molecular weight excluding hydrogens is 246 g/mol. The third-order valence-electron chi connectivity index (χ3n) is 1.84. The van der Waals surface area contributed by atoms with Crippen molar-refractivity contribution in [3.63, 3.8) is 0 Å². The third-order valence-corrected chi connectivity index (χ3v) is 3.46. The summed E-state index contributed by atoms with van der Waals surface area (Å²) in [5.74, 6) is -2.85. The Morgan fingerprint density at radius 2 is 2.07 bits per heavy atom. The van der Waals surface area contributed by atoms with Crippen molar-refractivity contribution in [3.8, 4) is 0 Å². The van der Waals surface area contributed by atoms with Crippen LogP contribution in [0.15, 0.2) is 12.1 Å².